The lowest BCUT2D eigenvalue weighted by Gasteiger charge is -2.11. The SMILES string of the molecule is NC[C@H](O)C(=O)[C@H](O)CCO. The summed E-state index contributed by atoms with van der Waals surface area (Å²) in [5.74, 6) is -0.735. The molecule has 0 radical (unpaired) electrons. The van der Waals surface area contributed by atoms with Crippen molar-refractivity contribution in [2.24, 2.45) is 5.73 Å². The average molecular weight is 163 g/mol. The Hall–Kier alpha value is -0.490. The van der Waals surface area contributed by atoms with Crippen LogP contribution in [0.3, 0.4) is 0 Å². The summed E-state index contributed by atoms with van der Waals surface area (Å²) in [6, 6.07) is 0. The molecule has 0 aliphatic rings. The van der Waals surface area contributed by atoms with Crippen LogP contribution >= 0.6 is 0 Å². The van der Waals surface area contributed by atoms with Crippen LogP contribution in [-0.2, 0) is 4.79 Å². The van der Waals surface area contributed by atoms with Gasteiger partial charge in [0.15, 0.2) is 5.78 Å². The van der Waals surface area contributed by atoms with E-state index in [0.717, 1.165) is 0 Å². The van der Waals surface area contributed by atoms with E-state index in [2.05, 4.69) is 0 Å². The molecular weight excluding hydrogens is 150 g/mol. The first-order valence-electron chi connectivity index (χ1n) is 3.34. The first-order valence-corrected chi connectivity index (χ1v) is 3.34. The number of rotatable bonds is 5. The molecule has 0 bridgehead atoms. The Morgan fingerprint density at radius 1 is 1.36 bits per heavy atom. The van der Waals surface area contributed by atoms with Crippen molar-refractivity contribution in [2.45, 2.75) is 18.6 Å². The Labute approximate surface area is 64.4 Å². The van der Waals surface area contributed by atoms with Crippen LogP contribution in [0.4, 0.5) is 0 Å². The fourth-order valence-corrected chi connectivity index (χ4v) is 0.603. The highest BCUT2D eigenvalue weighted by atomic mass is 16.3. The van der Waals surface area contributed by atoms with Crippen molar-refractivity contribution in [1.29, 1.82) is 0 Å². The van der Waals surface area contributed by atoms with Gasteiger partial charge in [-0.05, 0) is 0 Å². The van der Waals surface area contributed by atoms with Gasteiger partial charge in [-0.1, -0.05) is 0 Å². The highest BCUT2D eigenvalue weighted by Crippen LogP contribution is 1.96. The quantitative estimate of drug-likeness (QED) is 0.362. The van der Waals surface area contributed by atoms with Crippen LogP contribution < -0.4 is 5.73 Å². The number of aliphatic hydroxyl groups is 3. The number of ketones is 1. The summed E-state index contributed by atoms with van der Waals surface area (Å²) in [5.41, 5.74) is 4.96. The molecule has 5 nitrogen and oxygen atoms in total. The predicted octanol–water partition coefficient (Wildman–Crippen LogP) is -2.38. The van der Waals surface area contributed by atoms with Crippen molar-refractivity contribution in [2.75, 3.05) is 13.2 Å². The minimum atomic E-state index is -1.32. The maximum atomic E-state index is 10.8. The van der Waals surface area contributed by atoms with E-state index in [1.807, 2.05) is 0 Å². The predicted molar refractivity (Wildman–Crippen MR) is 37.8 cm³/mol. The van der Waals surface area contributed by atoms with Gasteiger partial charge in [0.25, 0.3) is 0 Å². The summed E-state index contributed by atoms with van der Waals surface area (Å²) in [6.07, 6.45) is -2.69. The zero-order valence-electron chi connectivity index (χ0n) is 6.10. The molecule has 0 amide bonds. The van der Waals surface area contributed by atoms with Gasteiger partial charge < -0.3 is 21.1 Å². The molecule has 0 rings (SSSR count). The highest BCUT2D eigenvalue weighted by Gasteiger charge is 2.21. The normalized spacial score (nSPS) is 16.0. The van der Waals surface area contributed by atoms with Crippen LogP contribution in [0.25, 0.3) is 0 Å². The van der Waals surface area contributed by atoms with E-state index in [0.29, 0.717) is 0 Å². The molecule has 0 heterocycles. The van der Waals surface area contributed by atoms with E-state index in [4.69, 9.17) is 21.1 Å². The van der Waals surface area contributed by atoms with Crippen LogP contribution in [0.15, 0.2) is 0 Å². The molecule has 0 saturated carbocycles. The second-order valence-electron chi connectivity index (χ2n) is 2.18. The van der Waals surface area contributed by atoms with E-state index in [1.165, 1.54) is 0 Å². The van der Waals surface area contributed by atoms with Gasteiger partial charge in [0.1, 0.15) is 12.2 Å². The lowest BCUT2D eigenvalue weighted by molar-refractivity contribution is -0.135. The molecule has 0 spiro atoms. The Kier molecular flexibility index (Phi) is 4.97. The first kappa shape index (κ1) is 10.5. The van der Waals surface area contributed by atoms with Crippen molar-refractivity contribution >= 4 is 5.78 Å². The lowest BCUT2D eigenvalue weighted by Crippen LogP contribution is -2.37. The van der Waals surface area contributed by atoms with Crippen molar-refractivity contribution in [3.8, 4) is 0 Å². The van der Waals surface area contributed by atoms with Gasteiger partial charge in [-0.25, -0.2) is 0 Å². The average Bonchev–Trinajstić information content (AvgIpc) is 2.02. The number of carbonyl (C=O) groups excluding carboxylic acids is 1. The van der Waals surface area contributed by atoms with Crippen LogP contribution in [-0.4, -0.2) is 46.5 Å². The Morgan fingerprint density at radius 2 is 1.91 bits per heavy atom. The fourth-order valence-electron chi connectivity index (χ4n) is 0.603. The van der Waals surface area contributed by atoms with Gasteiger partial charge in [0.2, 0.25) is 0 Å². The summed E-state index contributed by atoms with van der Waals surface area (Å²) in [5, 5.41) is 26.0. The van der Waals surface area contributed by atoms with Crippen LogP contribution in [0.2, 0.25) is 0 Å². The number of nitrogens with two attached hydrogens (primary N) is 1. The second kappa shape index (κ2) is 5.20. The Balaban J connectivity index is 3.81. The van der Waals surface area contributed by atoms with Gasteiger partial charge in [-0.2, -0.15) is 0 Å². The molecule has 66 valence electrons. The fraction of sp³-hybridized carbons (Fsp3) is 0.833. The molecular formula is C6H13NO4. The molecule has 0 aromatic carbocycles. The van der Waals surface area contributed by atoms with Gasteiger partial charge in [-0.15, -0.1) is 0 Å². The largest absolute Gasteiger partial charge is 0.396 e. The molecule has 0 unspecified atom stereocenters. The van der Waals surface area contributed by atoms with Gasteiger partial charge in [0.05, 0.1) is 0 Å². The summed E-state index contributed by atoms with van der Waals surface area (Å²) >= 11 is 0. The summed E-state index contributed by atoms with van der Waals surface area (Å²) in [7, 11) is 0. The second-order valence-corrected chi connectivity index (χ2v) is 2.18. The first-order chi connectivity index (χ1) is 5.13. The van der Waals surface area contributed by atoms with Crippen molar-refractivity contribution < 1.29 is 20.1 Å². The number of hydrogen-bond acceptors (Lipinski definition) is 5. The van der Waals surface area contributed by atoms with Gasteiger partial charge in [-0.3, -0.25) is 4.79 Å². The van der Waals surface area contributed by atoms with Crippen LogP contribution in [0.1, 0.15) is 6.42 Å². The van der Waals surface area contributed by atoms with Crippen LogP contribution in [0, 0.1) is 0 Å². The maximum absolute atomic E-state index is 10.8. The molecule has 0 saturated heterocycles. The zero-order valence-corrected chi connectivity index (χ0v) is 6.10. The third kappa shape index (κ3) is 3.43. The molecule has 0 fully saturated rings. The summed E-state index contributed by atoms with van der Waals surface area (Å²) < 4.78 is 0. The number of hydrogen-bond donors (Lipinski definition) is 4. The third-order valence-electron chi connectivity index (χ3n) is 1.28. The van der Waals surface area contributed by atoms with Crippen molar-refractivity contribution in [1.82, 2.24) is 0 Å². The molecule has 5 heteroatoms. The lowest BCUT2D eigenvalue weighted by atomic mass is 10.1. The van der Waals surface area contributed by atoms with Gasteiger partial charge >= 0.3 is 0 Å². The summed E-state index contributed by atoms with van der Waals surface area (Å²) in [6.45, 7) is -0.495. The monoisotopic (exact) mass is 163 g/mol. The standard InChI is InChI=1S/C6H13NO4/c7-3-5(10)6(11)4(9)1-2-8/h4-5,8-10H,1-3,7H2/t4-,5+/m1/s1. The molecule has 0 aromatic heterocycles. The molecule has 0 aliphatic heterocycles. The summed E-state index contributed by atoms with van der Waals surface area (Å²) in [4.78, 5) is 10.8. The zero-order chi connectivity index (χ0) is 8.85. The van der Waals surface area contributed by atoms with Gasteiger partial charge in [0, 0.05) is 19.6 Å². The highest BCUT2D eigenvalue weighted by molar-refractivity contribution is 5.87. The molecule has 11 heavy (non-hydrogen) atoms. The molecule has 2 atom stereocenters. The Bertz CT molecular complexity index is 128. The Morgan fingerprint density at radius 3 is 2.27 bits per heavy atom. The van der Waals surface area contributed by atoms with E-state index in [1.54, 1.807) is 0 Å². The third-order valence-corrected chi connectivity index (χ3v) is 1.28. The number of Topliss-reactive ketones (excluding diaryl/α,β-unsaturated/α-hetero) is 1. The topological polar surface area (TPSA) is 104 Å². The molecule has 0 aromatic rings. The van der Waals surface area contributed by atoms with Crippen molar-refractivity contribution in [3.63, 3.8) is 0 Å². The molecule has 0 aliphatic carbocycles. The van der Waals surface area contributed by atoms with E-state index < -0.39 is 18.0 Å². The minimum Gasteiger partial charge on any atom is -0.396 e. The number of carbonyl (C=O) groups is 1. The van der Waals surface area contributed by atoms with E-state index in [9.17, 15) is 4.79 Å². The van der Waals surface area contributed by atoms with E-state index in [-0.39, 0.29) is 19.6 Å². The van der Waals surface area contributed by atoms with E-state index >= 15 is 0 Å². The smallest absolute Gasteiger partial charge is 0.190 e. The number of aliphatic hydroxyl groups excluding tert-OH is 3. The van der Waals surface area contributed by atoms with Crippen LogP contribution in [0.5, 0.6) is 0 Å². The molecule has 5 N–H and O–H groups in total. The minimum absolute atomic E-state index is 0.0596. The maximum Gasteiger partial charge on any atom is 0.190 e. The van der Waals surface area contributed by atoms with Crippen molar-refractivity contribution in [3.05, 3.63) is 0 Å².